The van der Waals surface area contributed by atoms with Gasteiger partial charge in [-0.05, 0) is 0 Å². The van der Waals surface area contributed by atoms with Gasteiger partial charge in [-0.1, -0.05) is 0 Å². The minimum absolute atomic E-state index is 0.0248. The molecule has 0 aromatic carbocycles. The van der Waals surface area contributed by atoms with E-state index in [0.29, 0.717) is 0 Å². The Morgan fingerprint density at radius 2 is 1.95 bits per heavy atom. The smallest absolute Gasteiger partial charge is 0.329 e. The number of quaternary nitrogens is 1. The van der Waals surface area contributed by atoms with Gasteiger partial charge in [-0.2, -0.15) is 4.39 Å². The number of carboxylic acid groups (broad SMARTS) is 1. The van der Waals surface area contributed by atoms with E-state index in [1.165, 1.54) is 6.92 Å². The van der Waals surface area contributed by atoms with E-state index in [1.54, 1.807) is 14.1 Å². The number of hydrogen-bond acceptors (Lipinski definition) is 4. The van der Waals surface area contributed by atoms with Crippen LogP contribution < -0.4 is 5.32 Å². The summed E-state index contributed by atoms with van der Waals surface area (Å²) in [5.74, 6) is -2.59. The number of hydrogen-bond donors (Lipinski definition) is 2. The SMILES string of the molecule is CC(=O)NC(CC(=O)O)C(=O)OCC[N+](C)(C)CF. The van der Waals surface area contributed by atoms with Gasteiger partial charge in [0.1, 0.15) is 19.2 Å². The van der Waals surface area contributed by atoms with Crippen molar-refractivity contribution in [2.75, 3.05) is 34.0 Å². The number of carbonyl (C=O) groups is 3. The van der Waals surface area contributed by atoms with E-state index in [1.807, 2.05) is 0 Å². The summed E-state index contributed by atoms with van der Waals surface area (Å²) in [6, 6.07) is -1.23. The van der Waals surface area contributed by atoms with Crippen LogP contribution in [0.25, 0.3) is 0 Å². The van der Waals surface area contributed by atoms with Gasteiger partial charge in [-0.3, -0.25) is 14.1 Å². The van der Waals surface area contributed by atoms with Crippen molar-refractivity contribution in [2.24, 2.45) is 0 Å². The number of likely N-dealkylation sites (N-methyl/N-ethyl adjacent to an activating group) is 1. The van der Waals surface area contributed by atoms with Gasteiger partial charge in [0.05, 0.1) is 20.5 Å². The number of aliphatic carboxylic acids is 1. The predicted molar refractivity (Wildman–Crippen MR) is 63.8 cm³/mol. The van der Waals surface area contributed by atoms with Gasteiger partial charge in [-0.25, -0.2) is 4.79 Å². The molecule has 19 heavy (non-hydrogen) atoms. The normalized spacial score (nSPS) is 12.6. The molecule has 8 heteroatoms. The fraction of sp³-hybridized carbons (Fsp3) is 0.727. The molecule has 110 valence electrons. The number of nitrogens with zero attached hydrogens (tertiary/aromatic N) is 1. The van der Waals surface area contributed by atoms with E-state index in [0.717, 1.165) is 0 Å². The molecule has 0 aliphatic rings. The quantitative estimate of drug-likeness (QED) is 0.355. The molecule has 2 N–H and O–H groups in total. The molecule has 0 aliphatic heterocycles. The fourth-order valence-electron chi connectivity index (χ4n) is 1.17. The summed E-state index contributed by atoms with van der Waals surface area (Å²) in [5.41, 5.74) is 0. The predicted octanol–water partition coefficient (Wildman–Crippen LogP) is -0.488. The molecule has 0 aromatic heterocycles. The van der Waals surface area contributed by atoms with Crippen molar-refractivity contribution >= 4 is 17.8 Å². The van der Waals surface area contributed by atoms with E-state index in [2.05, 4.69) is 5.32 Å². The van der Waals surface area contributed by atoms with Gasteiger partial charge >= 0.3 is 11.9 Å². The number of esters is 1. The fourth-order valence-corrected chi connectivity index (χ4v) is 1.17. The highest BCUT2D eigenvalue weighted by molar-refractivity contribution is 5.86. The third-order valence-electron chi connectivity index (χ3n) is 2.31. The van der Waals surface area contributed by atoms with Crippen molar-refractivity contribution in [2.45, 2.75) is 19.4 Å². The van der Waals surface area contributed by atoms with E-state index < -0.39 is 37.1 Å². The van der Waals surface area contributed by atoms with Crippen molar-refractivity contribution < 1.29 is 33.1 Å². The Balaban J connectivity index is 4.32. The molecule has 0 spiro atoms. The third-order valence-corrected chi connectivity index (χ3v) is 2.31. The molecule has 0 saturated heterocycles. The number of carboxylic acids is 1. The number of alkyl halides is 1. The first kappa shape index (κ1) is 17.3. The molecule has 0 saturated carbocycles. The van der Waals surface area contributed by atoms with Crippen LogP contribution in [0.3, 0.4) is 0 Å². The highest BCUT2D eigenvalue weighted by Gasteiger charge is 2.25. The van der Waals surface area contributed by atoms with Gasteiger partial charge in [0.25, 0.3) is 0 Å². The summed E-state index contributed by atoms with van der Waals surface area (Å²) < 4.78 is 17.4. The lowest BCUT2D eigenvalue weighted by atomic mass is 10.2. The summed E-state index contributed by atoms with van der Waals surface area (Å²) >= 11 is 0. The minimum Gasteiger partial charge on any atom is -0.481 e. The summed E-state index contributed by atoms with van der Waals surface area (Å²) in [7, 11) is 3.24. The van der Waals surface area contributed by atoms with Gasteiger partial charge < -0.3 is 15.2 Å². The van der Waals surface area contributed by atoms with E-state index >= 15 is 0 Å². The van der Waals surface area contributed by atoms with Gasteiger partial charge in [0.15, 0.2) is 0 Å². The Hall–Kier alpha value is -1.70. The maximum absolute atomic E-state index is 12.5. The molecule has 0 rings (SSSR count). The second-order valence-electron chi connectivity index (χ2n) is 4.80. The lowest BCUT2D eigenvalue weighted by Crippen LogP contribution is -2.45. The largest absolute Gasteiger partial charge is 0.481 e. The van der Waals surface area contributed by atoms with Crippen LogP contribution in [-0.2, 0) is 19.1 Å². The molecular formula is C11H20FN2O5+. The molecular weight excluding hydrogens is 259 g/mol. The highest BCUT2D eigenvalue weighted by Crippen LogP contribution is 2.00. The molecule has 0 bridgehead atoms. The van der Waals surface area contributed by atoms with Crippen LogP contribution in [0.5, 0.6) is 0 Å². The summed E-state index contributed by atoms with van der Waals surface area (Å²) in [5, 5.41) is 10.8. The molecule has 0 fully saturated rings. The molecule has 0 radical (unpaired) electrons. The first-order valence-electron chi connectivity index (χ1n) is 5.71. The summed E-state index contributed by atoms with van der Waals surface area (Å²) in [4.78, 5) is 33.0. The number of carbonyl (C=O) groups excluding carboxylic acids is 2. The number of nitrogens with one attached hydrogen (secondary N) is 1. The highest BCUT2D eigenvalue weighted by atomic mass is 19.1. The average Bonchev–Trinajstić information content (AvgIpc) is 2.26. The molecule has 0 aromatic rings. The number of halogens is 1. The minimum atomic E-state index is -1.23. The van der Waals surface area contributed by atoms with Crippen LogP contribution in [-0.4, -0.2) is 67.5 Å². The zero-order chi connectivity index (χ0) is 15.1. The van der Waals surface area contributed by atoms with Gasteiger partial charge in [-0.15, -0.1) is 0 Å². The van der Waals surface area contributed by atoms with Gasteiger partial charge in [0.2, 0.25) is 12.7 Å². The van der Waals surface area contributed by atoms with Crippen molar-refractivity contribution in [1.82, 2.24) is 5.32 Å². The molecule has 1 atom stereocenters. The number of rotatable bonds is 8. The Morgan fingerprint density at radius 3 is 2.37 bits per heavy atom. The zero-order valence-corrected chi connectivity index (χ0v) is 11.3. The lowest BCUT2D eigenvalue weighted by Gasteiger charge is -2.25. The second kappa shape index (κ2) is 7.67. The second-order valence-corrected chi connectivity index (χ2v) is 4.80. The number of amides is 1. The molecule has 0 heterocycles. The Morgan fingerprint density at radius 1 is 1.37 bits per heavy atom. The maximum Gasteiger partial charge on any atom is 0.329 e. The Bertz CT molecular complexity index is 330. The Labute approximate surface area is 110 Å². The molecule has 7 nitrogen and oxygen atoms in total. The number of ether oxygens (including phenoxy) is 1. The standard InChI is InChI=1S/C11H19FN2O5/c1-8(15)13-9(6-10(16)17)11(18)19-5-4-14(2,3)7-12/h9H,4-7H2,1-3H3,(H-,13,15,16,17)/p+1. The maximum atomic E-state index is 12.5. The first-order chi connectivity index (χ1) is 8.68. The molecule has 0 aliphatic carbocycles. The van der Waals surface area contributed by atoms with Crippen LogP contribution in [0.15, 0.2) is 0 Å². The van der Waals surface area contributed by atoms with E-state index in [4.69, 9.17) is 9.84 Å². The van der Waals surface area contributed by atoms with Crippen LogP contribution >= 0.6 is 0 Å². The third kappa shape index (κ3) is 8.09. The van der Waals surface area contributed by atoms with Crippen LogP contribution in [0.4, 0.5) is 4.39 Å². The lowest BCUT2D eigenvalue weighted by molar-refractivity contribution is -0.902. The van der Waals surface area contributed by atoms with Crippen molar-refractivity contribution in [1.29, 1.82) is 0 Å². The van der Waals surface area contributed by atoms with Crippen LogP contribution in [0, 0.1) is 0 Å². The summed E-state index contributed by atoms with van der Waals surface area (Å²) in [6.45, 7) is 0.764. The van der Waals surface area contributed by atoms with Crippen LogP contribution in [0.1, 0.15) is 13.3 Å². The average molecular weight is 279 g/mol. The molecule has 1 unspecified atom stereocenters. The van der Waals surface area contributed by atoms with E-state index in [-0.39, 0.29) is 17.6 Å². The zero-order valence-electron chi connectivity index (χ0n) is 11.3. The summed E-state index contributed by atoms with van der Waals surface area (Å²) in [6.07, 6.45) is -0.556. The van der Waals surface area contributed by atoms with Crippen molar-refractivity contribution in [3.05, 3.63) is 0 Å². The Kier molecular flexibility index (Phi) is 6.99. The van der Waals surface area contributed by atoms with Gasteiger partial charge in [0, 0.05) is 6.92 Å². The monoisotopic (exact) mass is 279 g/mol. The van der Waals surface area contributed by atoms with Crippen LogP contribution in [0.2, 0.25) is 0 Å². The topological polar surface area (TPSA) is 92.7 Å². The first-order valence-corrected chi connectivity index (χ1v) is 5.71. The molecule has 1 amide bonds. The van der Waals surface area contributed by atoms with Crippen molar-refractivity contribution in [3.8, 4) is 0 Å². The van der Waals surface area contributed by atoms with Crippen molar-refractivity contribution in [3.63, 3.8) is 0 Å². The van der Waals surface area contributed by atoms with E-state index in [9.17, 15) is 18.8 Å².